The molecule has 2 aromatic carbocycles. The molecule has 44 heavy (non-hydrogen) atoms. The van der Waals surface area contributed by atoms with E-state index >= 15 is 0 Å². The normalized spacial score (nSPS) is 17.5. The van der Waals surface area contributed by atoms with Crippen LogP contribution in [-0.4, -0.2) is 46.2 Å². The van der Waals surface area contributed by atoms with Crippen molar-refractivity contribution in [2.75, 3.05) is 24.5 Å². The predicted molar refractivity (Wildman–Crippen MR) is 175 cm³/mol. The van der Waals surface area contributed by atoms with E-state index < -0.39 is 17.7 Å². The monoisotopic (exact) mass is 594 g/mol. The maximum Gasteiger partial charge on any atom is 0.337 e. The molecule has 7 heteroatoms. The summed E-state index contributed by atoms with van der Waals surface area (Å²) in [5.74, 6) is -0.994. The highest BCUT2D eigenvalue weighted by Crippen LogP contribution is 2.45. The molecule has 0 radical (unpaired) electrons. The average Bonchev–Trinajstić information content (AvgIpc) is 2.95. The number of aliphatic carboxylic acids is 1. The number of rotatable bonds is 7. The largest absolute Gasteiger partial charge is 0.479 e. The molecule has 1 saturated heterocycles. The second-order valence-corrected chi connectivity index (χ2v) is 14.3. The van der Waals surface area contributed by atoms with E-state index in [0.29, 0.717) is 16.8 Å². The van der Waals surface area contributed by atoms with Gasteiger partial charge in [0.15, 0.2) is 6.10 Å². The molecule has 2 aliphatic rings. The first-order chi connectivity index (χ1) is 20.7. The topological polar surface area (TPSA) is 89.7 Å². The van der Waals surface area contributed by atoms with Crippen LogP contribution in [-0.2, 0) is 29.0 Å². The second kappa shape index (κ2) is 12.3. The number of nitrogens with zero attached hydrogens (tertiary/aromatic N) is 4. The Labute approximate surface area is 262 Å². The van der Waals surface area contributed by atoms with Gasteiger partial charge in [0.25, 0.3) is 0 Å². The van der Waals surface area contributed by atoms with Crippen LogP contribution in [0, 0.1) is 30.6 Å². The standard InChI is InChI=1S/C37H46N4O3/c1-24-31(29-12-13-30-23-40(17-14-28(30)20-29)22-27-10-8-26(21-38)9-11-27)33(41-18-15-37(6,7)16-19-41)32(25(2)39-24)34(35(42)43)44-36(3,4)5/h8-13,20,34H,14-19,22-23H2,1-7H3,(H,42,43). The van der Waals surface area contributed by atoms with Crippen LogP contribution in [0.5, 0.6) is 0 Å². The zero-order valence-corrected chi connectivity index (χ0v) is 27.3. The van der Waals surface area contributed by atoms with Crippen molar-refractivity contribution in [1.29, 1.82) is 5.26 Å². The fourth-order valence-electron chi connectivity index (χ4n) is 6.60. The minimum absolute atomic E-state index is 0.248. The van der Waals surface area contributed by atoms with Gasteiger partial charge in [0.2, 0.25) is 0 Å². The van der Waals surface area contributed by atoms with Gasteiger partial charge in [-0.15, -0.1) is 0 Å². The predicted octanol–water partition coefficient (Wildman–Crippen LogP) is 7.36. The van der Waals surface area contributed by atoms with Gasteiger partial charge in [-0.2, -0.15) is 5.26 Å². The highest BCUT2D eigenvalue weighted by atomic mass is 16.5. The van der Waals surface area contributed by atoms with E-state index in [2.05, 4.69) is 47.9 Å². The van der Waals surface area contributed by atoms with Crippen LogP contribution in [0.2, 0.25) is 0 Å². The Morgan fingerprint density at radius 3 is 2.34 bits per heavy atom. The zero-order valence-electron chi connectivity index (χ0n) is 27.3. The zero-order chi connectivity index (χ0) is 31.8. The fourth-order valence-corrected chi connectivity index (χ4v) is 6.60. The molecule has 2 aliphatic heterocycles. The fraction of sp³-hybridized carbons (Fsp3) is 0.486. The van der Waals surface area contributed by atoms with Gasteiger partial charge >= 0.3 is 5.97 Å². The minimum Gasteiger partial charge on any atom is -0.479 e. The third-order valence-electron chi connectivity index (χ3n) is 9.05. The third-order valence-corrected chi connectivity index (χ3v) is 9.05. The van der Waals surface area contributed by atoms with E-state index in [1.165, 1.54) is 16.7 Å². The van der Waals surface area contributed by atoms with Gasteiger partial charge in [-0.05, 0) is 93.7 Å². The summed E-state index contributed by atoms with van der Waals surface area (Å²) in [5, 5.41) is 19.6. The van der Waals surface area contributed by atoms with Crippen molar-refractivity contribution in [1.82, 2.24) is 9.88 Å². The Morgan fingerprint density at radius 1 is 1.05 bits per heavy atom. The van der Waals surface area contributed by atoms with Crippen LogP contribution in [0.3, 0.4) is 0 Å². The summed E-state index contributed by atoms with van der Waals surface area (Å²) < 4.78 is 6.25. The average molecular weight is 595 g/mol. The number of carboxylic acids is 1. The van der Waals surface area contributed by atoms with Crippen molar-refractivity contribution in [3.8, 4) is 17.2 Å². The van der Waals surface area contributed by atoms with E-state index in [4.69, 9.17) is 15.0 Å². The van der Waals surface area contributed by atoms with Gasteiger partial charge in [0.1, 0.15) is 0 Å². The first kappa shape index (κ1) is 31.7. The summed E-state index contributed by atoms with van der Waals surface area (Å²) in [6.07, 6.45) is 1.87. The number of hydrogen-bond acceptors (Lipinski definition) is 6. The van der Waals surface area contributed by atoms with E-state index in [-0.39, 0.29) is 5.41 Å². The van der Waals surface area contributed by atoms with Crippen LogP contribution in [0.25, 0.3) is 11.1 Å². The van der Waals surface area contributed by atoms with Gasteiger partial charge < -0.3 is 14.7 Å². The van der Waals surface area contributed by atoms with Crippen molar-refractivity contribution in [3.05, 3.63) is 81.7 Å². The first-order valence-corrected chi connectivity index (χ1v) is 15.7. The molecule has 1 N–H and O–H groups in total. The SMILES string of the molecule is Cc1nc(C)c(C(OC(C)(C)C)C(=O)O)c(N2CCC(C)(C)CC2)c1-c1ccc2c(c1)CCN(Cc1ccc(C#N)cc1)C2. The summed E-state index contributed by atoms with van der Waals surface area (Å²) in [7, 11) is 0. The smallest absolute Gasteiger partial charge is 0.337 e. The number of piperidine rings is 1. The lowest BCUT2D eigenvalue weighted by molar-refractivity contribution is -0.160. The van der Waals surface area contributed by atoms with Crippen LogP contribution in [0.1, 0.15) is 92.8 Å². The number of anilines is 1. The maximum atomic E-state index is 12.8. The highest BCUT2D eigenvalue weighted by Gasteiger charge is 2.36. The summed E-state index contributed by atoms with van der Waals surface area (Å²) >= 11 is 0. The van der Waals surface area contributed by atoms with E-state index in [1.54, 1.807) is 0 Å². The number of fused-ring (bicyclic) bond motifs is 1. The summed E-state index contributed by atoms with van der Waals surface area (Å²) in [6, 6.07) is 16.8. The lowest BCUT2D eigenvalue weighted by Gasteiger charge is -2.41. The number of nitriles is 1. The van der Waals surface area contributed by atoms with Crippen molar-refractivity contribution in [2.45, 2.75) is 92.5 Å². The van der Waals surface area contributed by atoms with Gasteiger partial charge in [0.05, 0.1) is 22.9 Å². The molecule has 0 aliphatic carbocycles. The molecular weight excluding hydrogens is 548 g/mol. The quantitative estimate of drug-likeness (QED) is 0.306. The van der Waals surface area contributed by atoms with E-state index in [0.717, 1.165) is 74.5 Å². The summed E-state index contributed by atoms with van der Waals surface area (Å²) in [5.41, 5.74) is 9.46. The van der Waals surface area contributed by atoms with Gasteiger partial charge in [-0.3, -0.25) is 9.88 Å². The van der Waals surface area contributed by atoms with Crippen LogP contribution >= 0.6 is 0 Å². The third kappa shape index (κ3) is 6.98. The summed E-state index contributed by atoms with van der Waals surface area (Å²) in [4.78, 5) is 22.6. The molecule has 3 heterocycles. The highest BCUT2D eigenvalue weighted by molar-refractivity contribution is 5.88. The van der Waals surface area contributed by atoms with Crippen molar-refractivity contribution < 1.29 is 14.6 Å². The minimum atomic E-state index is -1.12. The number of aryl methyl sites for hydroxylation is 2. The maximum absolute atomic E-state index is 12.8. The summed E-state index contributed by atoms with van der Waals surface area (Å²) in [6.45, 7) is 18.6. The number of pyridine rings is 1. The van der Waals surface area contributed by atoms with E-state index in [1.807, 2.05) is 58.9 Å². The van der Waals surface area contributed by atoms with Gasteiger partial charge in [-0.1, -0.05) is 44.2 Å². The Morgan fingerprint density at radius 2 is 1.73 bits per heavy atom. The van der Waals surface area contributed by atoms with Crippen LogP contribution < -0.4 is 4.90 Å². The molecule has 1 fully saturated rings. The number of ether oxygens (including phenoxy) is 1. The lowest BCUT2D eigenvalue weighted by Crippen LogP contribution is -2.39. The molecule has 232 valence electrons. The Hall–Kier alpha value is -3.73. The molecule has 3 aromatic rings. The van der Waals surface area contributed by atoms with Gasteiger partial charge in [0, 0.05) is 55.2 Å². The van der Waals surface area contributed by atoms with Crippen LogP contribution in [0.15, 0.2) is 42.5 Å². The first-order valence-electron chi connectivity index (χ1n) is 15.7. The number of aromatic nitrogens is 1. The number of benzene rings is 2. The van der Waals surface area contributed by atoms with Crippen molar-refractivity contribution in [3.63, 3.8) is 0 Å². The van der Waals surface area contributed by atoms with Crippen molar-refractivity contribution >= 4 is 11.7 Å². The Bertz CT molecular complexity index is 1570. The van der Waals surface area contributed by atoms with Crippen LogP contribution in [0.4, 0.5) is 5.69 Å². The Balaban J connectivity index is 1.55. The molecule has 1 aromatic heterocycles. The molecule has 1 unspecified atom stereocenters. The Kier molecular flexibility index (Phi) is 8.89. The number of carbonyl (C=O) groups is 1. The number of hydrogen-bond donors (Lipinski definition) is 1. The molecule has 7 nitrogen and oxygen atoms in total. The van der Waals surface area contributed by atoms with Gasteiger partial charge in [-0.25, -0.2) is 4.79 Å². The molecule has 1 atom stereocenters. The molecule has 0 spiro atoms. The molecule has 0 amide bonds. The number of carboxylic acid groups (broad SMARTS) is 1. The van der Waals surface area contributed by atoms with E-state index in [9.17, 15) is 9.90 Å². The molecule has 0 saturated carbocycles. The molecular formula is C37H46N4O3. The van der Waals surface area contributed by atoms with Crippen molar-refractivity contribution in [2.24, 2.45) is 5.41 Å². The molecule has 5 rings (SSSR count). The lowest BCUT2D eigenvalue weighted by atomic mass is 9.81. The second-order valence-electron chi connectivity index (χ2n) is 14.3. The molecule has 0 bridgehead atoms.